The zero-order valence-electron chi connectivity index (χ0n) is 11.1. The molecule has 0 unspecified atom stereocenters. The summed E-state index contributed by atoms with van der Waals surface area (Å²) in [6.07, 6.45) is 4.14. The first-order valence-electron chi connectivity index (χ1n) is 6.15. The zero-order chi connectivity index (χ0) is 12.8. The molecule has 2 aromatic rings. The van der Waals surface area contributed by atoms with Crippen LogP contribution in [0.4, 0.5) is 0 Å². The second-order valence-corrected chi connectivity index (χ2v) is 4.18. The first-order valence-corrected chi connectivity index (χ1v) is 6.15. The van der Waals surface area contributed by atoms with Crippen LogP contribution in [0.25, 0.3) is 10.9 Å². The molecule has 0 N–H and O–H groups in total. The summed E-state index contributed by atoms with van der Waals surface area (Å²) in [6, 6.07) is 8.52. The Bertz CT molecular complexity index is 530. The van der Waals surface area contributed by atoms with E-state index in [1.807, 2.05) is 17.8 Å². The quantitative estimate of drug-likeness (QED) is 0.724. The Labute approximate surface area is 103 Å². The lowest BCUT2D eigenvalue weighted by molar-refractivity contribution is 0.966. The van der Waals surface area contributed by atoms with Crippen molar-refractivity contribution in [2.45, 2.75) is 33.6 Å². The molecule has 0 aliphatic heterocycles. The van der Waals surface area contributed by atoms with Gasteiger partial charge in [-0.05, 0) is 24.1 Å². The Balaban J connectivity index is 0.000000437. The second-order valence-electron chi connectivity index (χ2n) is 4.18. The van der Waals surface area contributed by atoms with Gasteiger partial charge >= 0.3 is 0 Å². The fraction of sp³-hybridized carbons (Fsp3) is 0.400. The third-order valence-electron chi connectivity index (χ3n) is 2.58. The monoisotopic (exact) mass is 228 g/mol. The Kier molecular flexibility index (Phi) is 4.78. The minimum absolute atomic E-state index is 0.762. The molecule has 1 heterocycles. The van der Waals surface area contributed by atoms with Crippen LogP contribution in [0.2, 0.25) is 0 Å². The van der Waals surface area contributed by atoms with E-state index in [1.165, 1.54) is 12.0 Å². The Morgan fingerprint density at radius 3 is 2.41 bits per heavy atom. The van der Waals surface area contributed by atoms with Gasteiger partial charge in [0.2, 0.25) is 0 Å². The molecule has 1 aromatic carbocycles. The topological polar surface area (TPSA) is 28.7 Å². The molecule has 17 heavy (non-hydrogen) atoms. The summed E-state index contributed by atoms with van der Waals surface area (Å²) < 4.78 is 1.99. The molecule has 0 spiro atoms. The highest BCUT2D eigenvalue weighted by molar-refractivity contribution is 5.86. The van der Waals surface area contributed by atoms with E-state index in [9.17, 15) is 0 Å². The van der Waals surface area contributed by atoms with E-state index in [1.54, 1.807) is 0 Å². The maximum absolute atomic E-state index is 8.95. The highest BCUT2D eigenvalue weighted by atomic mass is 14.9. The van der Waals surface area contributed by atoms with Gasteiger partial charge in [-0.2, -0.15) is 5.26 Å². The van der Waals surface area contributed by atoms with E-state index in [0.29, 0.717) is 0 Å². The van der Waals surface area contributed by atoms with Crippen molar-refractivity contribution in [3.8, 4) is 6.07 Å². The normalized spacial score (nSPS) is 9.59. The number of hydrogen-bond donors (Lipinski definition) is 0. The van der Waals surface area contributed by atoms with Gasteiger partial charge in [0.05, 0.1) is 5.56 Å². The minimum atomic E-state index is 0.762. The summed E-state index contributed by atoms with van der Waals surface area (Å²) in [4.78, 5) is 0. The van der Waals surface area contributed by atoms with Crippen LogP contribution >= 0.6 is 0 Å². The predicted molar refractivity (Wildman–Crippen MR) is 73.0 cm³/mol. The molecular formula is C15H20N2. The van der Waals surface area contributed by atoms with Crippen LogP contribution in [0.3, 0.4) is 0 Å². The van der Waals surface area contributed by atoms with Crippen molar-refractivity contribution in [3.05, 3.63) is 35.5 Å². The Hall–Kier alpha value is -1.75. The van der Waals surface area contributed by atoms with E-state index in [-0.39, 0.29) is 0 Å². The Morgan fingerprint density at radius 1 is 1.24 bits per heavy atom. The second kappa shape index (κ2) is 6.10. The van der Waals surface area contributed by atoms with Gasteiger partial charge in [0.25, 0.3) is 0 Å². The summed E-state index contributed by atoms with van der Waals surface area (Å²) in [5.41, 5.74) is 3.16. The Morgan fingerprint density at radius 2 is 1.88 bits per heavy atom. The highest BCUT2D eigenvalue weighted by Crippen LogP contribution is 2.21. The highest BCUT2D eigenvalue weighted by Gasteiger charge is 2.05. The van der Waals surface area contributed by atoms with Gasteiger partial charge in [0, 0.05) is 24.1 Å². The third kappa shape index (κ3) is 2.88. The molecule has 0 aliphatic carbocycles. The lowest BCUT2D eigenvalue weighted by atomic mass is 10.1. The molecular weight excluding hydrogens is 208 g/mol. The van der Waals surface area contributed by atoms with E-state index < -0.39 is 0 Å². The fourth-order valence-corrected chi connectivity index (χ4v) is 1.75. The smallest absolute Gasteiger partial charge is 0.101 e. The number of nitriles is 1. The SMILES string of the molecule is CCC.CCc1ccc2c(c1)c(C#N)cn2C. The number of aryl methyl sites for hydroxylation is 2. The third-order valence-corrected chi connectivity index (χ3v) is 2.58. The lowest BCUT2D eigenvalue weighted by Gasteiger charge is -1.98. The summed E-state index contributed by atoms with van der Waals surface area (Å²) in [5.74, 6) is 0. The van der Waals surface area contributed by atoms with Crippen LogP contribution in [0, 0.1) is 11.3 Å². The van der Waals surface area contributed by atoms with E-state index >= 15 is 0 Å². The first-order chi connectivity index (χ1) is 8.17. The van der Waals surface area contributed by atoms with Crippen LogP contribution < -0.4 is 0 Å². The van der Waals surface area contributed by atoms with Crippen molar-refractivity contribution >= 4 is 10.9 Å². The zero-order valence-corrected chi connectivity index (χ0v) is 11.1. The van der Waals surface area contributed by atoms with Crippen molar-refractivity contribution in [1.29, 1.82) is 5.26 Å². The molecule has 0 radical (unpaired) electrons. The number of rotatable bonds is 1. The molecule has 2 heteroatoms. The number of benzene rings is 1. The van der Waals surface area contributed by atoms with Gasteiger partial charge in [-0.25, -0.2) is 0 Å². The molecule has 2 rings (SSSR count). The molecule has 0 aliphatic rings. The van der Waals surface area contributed by atoms with Crippen LogP contribution in [-0.4, -0.2) is 4.57 Å². The number of aromatic nitrogens is 1. The van der Waals surface area contributed by atoms with Crippen molar-refractivity contribution in [3.63, 3.8) is 0 Å². The minimum Gasteiger partial charge on any atom is -0.349 e. The summed E-state index contributed by atoms with van der Waals surface area (Å²) in [5, 5.41) is 10.0. The molecule has 0 saturated heterocycles. The molecule has 0 fully saturated rings. The maximum Gasteiger partial charge on any atom is 0.101 e. The molecule has 0 amide bonds. The number of fused-ring (bicyclic) bond motifs is 1. The lowest BCUT2D eigenvalue weighted by Crippen LogP contribution is -1.84. The average Bonchev–Trinajstić information content (AvgIpc) is 2.66. The van der Waals surface area contributed by atoms with Crippen LogP contribution in [-0.2, 0) is 13.5 Å². The summed E-state index contributed by atoms with van der Waals surface area (Å²) >= 11 is 0. The van der Waals surface area contributed by atoms with Crippen LogP contribution in [0.1, 0.15) is 38.3 Å². The standard InChI is InChI=1S/C12H12N2.C3H8/c1-3-9-4-5-12-11(6-9)10(7-13)8-14(12)2;1-3-2/h4-6,8H,3H2,1-2H3;3H2,1-2H3. The molecule has 0 atom stereocenters. The van der Waals surface area contributed by atoms with Gasteiger partial charge in [0.15, 0.2) is 0 Å². The molecule has 1 aromatic heterocycles. The number of hydrogen-bond acceptors (Lipinski definition) is 1. The summed E-state index contributed by atoms with van der Waals surface area (Å²) in [6.45, 7) is 6.37. The van der Waals surface area contributed by atoms with Gasteiger partial charge in [-0.1, -0.05) is 33.3 Å². The predicted octanol–water partition coefficient (Wildman–Crippen LogP) is 4.03. The van der Waals surface area contributed by atoms with Gasteiger partial charge in [0.1, 0.15) is 6.07 Å². The van der Waals surface area contributed by atoms with Gasteiger partial charge < -0.3 is 4.57 Å². The van der Waals surface area contributed by atoms with Crippen LogP contribution in [0.5, 0.6) is 0 Å². The van der Waals surface area contributed by atoms with Crippen molar-refractivity contribution in [1.82, 2.24) is 4.57 Å². The van der Waals surface area contributed by atoms with Crippen molar-refractivity contribution in [2.24, 2.45) is 7.05 Å². The fourth-order valence-electron chi connectivity index (χ4n) is 1.75. The first kappa shape index (κ1) is 13.3. The van der Waals surface area contributed by atoms with E-state index in [4.69, 9.17) is 5.26 Å². The molecule has 0 saturated carbocycles. The number of nitrogens with zero attached hydrogens (tertiary/aromatic N) is 2. The largest absolute Gasteiger partial charge is 0.349 e. The molecule has 90 valence electrons. The van der Waals surface area contributed by atoms with E-state index in [2.05, 4.69) is 45.0 Å². The molecule has 2 nitrogen and oxygen atoms in total. The van der Waals surface area contributed by atoms with E-state index in [0.717, 1.165) is 22.9 Å². The average molecular weight is 228 g/mol. The van der Waals surface area contributed by atoms with Gasteiger partial charge in [-0.15, -0.1) is 0 Å². The molecule has 0 bridgehead atoms. The van der Waals surface area contributed by atoms with Crippen LogP contribution in [0.15, 0.2) is 24.4 Å². The van der Waals surface area contributed by atoms with Crippen molar-refractivity contribution in [2.75, 3.05) is 0 Å². The van der Waals surface area contributed by atoms with Gasteiger partial charge in [-0.3, -0.25) is 0 Å². The van der Waals surface area contributed by atoms with Crippen molar-refractivity contribution < 1.29 is 0 Å². The summed E-state index contributed by atoms with van der Waals surface area (Å²) in [7, 11) is 1.97. The maximum atomic E-state index is 8.95.